The first-order valence-electron chi connectivity index (χ1n) is 7.22. The Morgan fingerprint density at radius 2 is 1.74 bits per heavy atom. The molecule has 0 aromatic rings. The summed E-state index contributed by atoms with van der Waals surface area (Å²) in [5.74, 6) is -0.173. The molecule has 0 aromatic heterocycles. The molecule has 2 rings (SSSR count). The van der Waals surface area contributed by atoms with Gasteiger partial charge in [-0.25, -0.2) is 0 Å². The SMILES string of the molecule is O=C(O)C1CCC(NC(=O)C2(CS)CCCC2)CC1. The van der Waals surface area contributed by atoms with Gasteiger partial charge in [-0.3, -0.25) is 9.59 Å². The molecule has 2 N–H and O–H groups in total. The van der Waals surface area contributed by atoms with Crippen LogP contribution in [0.1, 0.15) is 51.4 Å². The third-order valence-corrected chi connectivity index (χ3v) is 5.36. The zero-order valence-corrected chi connectivity index (χ0v) is 12.1. The van der Waals surface area contributed by atoms with Gasteiger partial charge in [0.2, 0.25) is 5.91 Å². The third kappa shape index (κ3) is 3.25. The summed E-state index contributed by atoms with van der Waals surface area (Å²) in [4.78, 5) is 23.3. The van der Waals surface area contributed by atoms with Crippen molar-refractivity contribution in [1.29, 1.82) is 0 Å². The zero-order chi connectivity index (χ0) is 13.9. The monoisotopic (exact) mass is 285 g/mol. The molecule has 0 bridgehead atoms. The van der Waals surface area contributed by atoms with Crippen LogP contribution in [0.2, 0.25) is 0 Å². The van der Waals surface area contributed by atoms with Gasteiger partial charge in [0.05, 0.1) is 11.3 Å². The van der Waals surface area contributed by atoms with Crippen LogP contribution in [0.3, 0.4) is 0 Å². The van der Waals surface area contributed by atoms with Crippen LogP contribution in [0.25, 0.3) is 0 Å². The Balaban J connectivity index is 1.85. The van der Waals surface area contributed by atoms with E-state index in [2.05, 4.69) is 17.9 Å². The summed E-state index contributed by atoms with van der Waals surface area (Å²) < 4.78 is 0. The van der Waals surface area contributed by atoms with Gasteiger partial charge in [0, 0.05) is 11.8 Å². The molecule has 108 valence electrons. The van der Waals surface area contributed by atoms with E-state index in [9.17, 15) is 9.59 Å². The Morgan fingerprint density at radius 1 is 1.16 bits per heavy atom. The number of carboxylic acid groups (broad SMARTS) is 1. The first kappa shape index (κ1) is 14.7. The number of aliphatic carboxylic acids is 1. The predicted molar refractivity (Wildman–Crippen MR) is 76.3 cm³/mol. The lowest BCUT2D eigenvalue weighted by atomic mass is 9.83. The molecule has 1 amide bonds. The van der Waals surface area contributed by atoms with Gasteiger partial charge < -0.3 is 10.4 Å². The number of carbonyl (C=O) groups is 2. The molecule has 5 heteroatoms. The van der Waals surface area contributed by atoms with Crippen molar-refractivity contribution in [3.63, 3.8) is 0 Å². The van der Waals surface area contributed by atoms with Crippen LogP contribution in [-0.2, 0) is 9.59 Å². The number of nitrogens with one attached hydrogen (secondary N) is 1. The van der Waals surface area contributed by atoms with Gasteiger partial charge in [0.15, 0.2) is 0 Å². The van der Waals surface area contributed by atoms with Crippen molar-refractivity contribution in [1.82, 2.24) is 5.32 Å². The van der Waals surface area contributed by atoms with Crippen LogP contribution >= 0.6 is 12.6 Å². The largest absolute Gasteiger partial charge is 0.481 e. The van der Waals surface area contributed by atoms with E-state index in [1.54, 1.807) is 0 Å². The maximum absolute atomic E-state index is 12.4. The highest BCUT2D eigenvalue weighted by Crippen LogP contribution is 2.39. The molecule has 0 saturated heterocycles. The summed E-state index contributed by atoms with van der Waals surface area (Å²) in [6.45, 7) is 0. The van der Waals surface area contributed by atoms with E-state index >= 15 is 0 Å². The Hall–Kier alpha value is -0.710. The second-order valence-corrected chi connectivity index (χ2v) is 6.32. The van der Waals surface area contributed by atoms with Crippen molar-refractivity contribution >= 4 is 24.5 Å². The average molecular weight is 285 g/mol. The van der Waals surface area contributed by atoms with Crippen molar-refractivity contribution in [2.24, 2.45) is 11.3 Å². The number of amides is 1. The summed E-state index contributed by atoms with van der Waals surface area (Å²) in [7, 11) is 0. The van der Waals surface area contributed by atoms with Crippen molar-refractivity contribution in [3.8, 4) is 0 Å². The average Bonchev–Trinajstić information content (AvgIpc) is 2.89. The van der Waals surface area contributed by atoms with Gasteiger partial charge in [-0.15, -0.1) is 0 Å². The summed E-state index contributed by atoms with van der Waals surface area (Å²) in [6.07, 6.45) is 7.01. The second-order valence-electron chi connectivity index (χ2n) is 6.01. The highest BCUT2D eigenvalue weighted by molar-refractivity contribution is 7.80. The minimum absolute atomic E-state index is 0.138. The van der Waals surface area contributed by atoms with Crippen LogP contribution in [0.5, 0.6) is 0 Å². The molecule has 2 aliphatic rings. The number of hydrogen-bond donors (Lipinski definition) is 3. The minimum atomic E-state index is -0.701. The van der Waals surface area contributed by atoms with Crippen LogP contribution < -0.4 is 5.32 Å². The molecule has 0 spiro atoms. The minimum Gasteiger partial charge on any atom is -0.481 e. The number of hydrogen-bond acceptors (Lipinski definition) is 3. The fraction of sp³-hybridized carbons (Fsp3) is 0.857. The molecule has 2 aliphatic carbocycles. The van der Waals surface area contributed by atoms with Crippen LogP contribution in [0, 0.1) is 11.3 Å². The number of thiol groups is 1. The van der Waals surface area contributed by atoms with E-state index in [1.165, 1.54) is 0 Å². The van der Waals surface area contributed by atoms with Crippen molar-refractivity contribution in [3.05, 3.63) is 0 Å². The van der Waals surface area contributed by atoms with E-state index in [-0.39, 0.29) is 23.3 Å². The standard InChI is InChI=1S/C14H23NO3S/c16-12(17)10-3-5-11(6-4-10)15-13(18)14(9-19)7-1-2-8-14/h10-11,19H,1-9H2,(H,15,18)(H,16,17). The highest BCUT2D eigenvalue weighted by atomic mass is 32.1. The van der Waals surface area contributed by atoms with E-state index in [0.29, 0.717) is 18.6 Å². The smallest absolute Gasteiger partial charge is 0.306 e. The second kappa shape index (κ2) is 6.16. The van der Waals surface area contributed by atoms with Gasteiger partial charge in [-0.2, -0.15) is 12.6 Å². The first-order valence-corrected chi connectivity index (χ1v) is 7.85. The van der Waals surface area contributed by atoms with Gasteiger partial charge in [0.25, 0.3) is 0 Å². The molecule has 4 nitrogen and oxygen atoms in total. The van der Waals surface area contributed by atoms with Gasteiger partial charge in [-0.1, -0.05) is 12.8 Å². The molecular formula is C14H23NO3S. The maximum atomic E-state index is 12.4. The number of carbonyl (C=O) groups excluding carboxylic acids is 1. The van der Waals surface area contributed by atoms with E-state index < -0.39 is 5.97 Å². The Morgan fingerprint density at radius 3 is 2.21 bits per heavy atom. The Bertz CT molecular complexity index is 345. The molecule has 0 heterocycles. The fourth-order valence-corrected chi connectivity index (χ4v) is 3.79. The topological polar surface area (TPSA) is 66.4 Å². The predicted octanol–water partition coefficient (Wildman–Crippen LogP) is 2.24. The molecule has 0 unspecified atom stereocenters. The number of rotatable bonds is 4. The van der Waals surface area contributed by atoms with E-state index in [0.717, 1.165) is 38.5 Å². The lowest BCUT2D eigenvalue weighted by molar-refractivity contribution is -0.142. The summed E-state index contributed by atoms with van der Waals surface area (Å²) >= 11 is 4.36. The fourth-order valence-electron chi connectivity index (χ4n) is 3.33. The Kier molecular flexibility index (Phi) is 4.76. The normalized spacial score (nSPS) is 29.9. The lowest BCUT2D eigenvalue weighted by Crippen LogP contribution is -2.46. The van der Waals surface area contributed by atoms with Gasteiger partial charge in [0.1, 0.15) is 0 Å². The van der Waals surface area contributed by atoms with Gasteiger partial charge >= 0.3 is 5.97 Å². The summed E-state index contributed by atoms with van der Waals surface area (Å²) in [5, 5.41) is 12.1. The third-order valence-electron chi connectivity index (χ3n) is 4.76. The molecule has 0 radical (unpaired) electrons. The lowest BCUT2D eigenvalue weighted by Gasteiger charge is -2.32. The molecular weight excluding hydrogens is 262 g/mol. The molecule has 0 aliphatic heterocycles. The first-order chi connectivity index (χ1) is 9.07. The number of carboxylic acids is 1. The van der Waals surface area contributed by atoms with E-state index in [1.807, 2.05) is 0 Å². The summed E-state index contributed by atoms with van der Waals surface area (Å²) in [6, 6.07) is 0.153. The Labute approximate surface area is 119 Å². The van der Waals surface area contributed by atoms with Gasteiger partial charge in [-0.05, 0) is 38.5 Å². The zero-order valence-electron chi connectivity index (χ0n) is 11.2. The van der Waals surface area contributed by atoms with E-state index in [4.69, 9.17) is 5.11 Å². The van der Waals surface area contributed by atoms with Crippen molar-refractivity contribution in [2.45, 2.75) is 57.4 Å². The molecule has 2 saturated carbocycles. The van der Waals surface area contributed by atoms with Crippen LogP contribution in [0.15, 0.2) is 0 Å². The van der Waals surface area contributed by atoms with Crippen LogP contribution in [0.4, 0.5) is 0 Å². The molecule has 2 fully saturated rings. The summed E-state index contributed by atoms with van der Waals surface area (Å²) in [5.41, 5.74) is -0.271. The molecule has 0 atom stereocenters. The molecule has 0 aromatic carbocycles. The highest BCUT2D eigenvalue weighted by Gasteiger charge is 2.40. The maximum Gasteiger partial charge on any atom is 0.306 e. The van der Waals surface area contributed by atoms with Crippen LogP contribution in [-0.4, -0.2) is 28.8 Å². The molecule has 19 heavy (non-hydrogen) atoms. The van der Waals surface area contributed by atoms with Crippen molar-refractivity contribution in [2.75, 3.05) is 5.75 Å². The van der Waals surface area contributed by atoms with Crippen molar-refractivity contribution < 1.29 is 14.7 Å². The quantitative estimate of drug-likeness (QED) is 0.694.